The van der Waals surface area contributed by atoms with Crippen LogP contribution in [0.3, 0.4) is 0 Å². The van der Waals surface area contributed by atoms with E-state index in [4.69, 9.17) is 46.4 Å². The summed E-state index contributed by atoms with van der Waals surface area (Å²) in [6, 6.07) is 13.3. The van der Waals surface area contributed by atoms with Crippen LogP contribution in [0.2, 0.25) is 20.5 Å². The number of hydrogen-bond donors (Lipinski definition) is 3. The Kier molecular flexibility index (Phi) is 6.23. The summed E-state index contributed by atoms with van der Waals surface area (Å²) in [6.45, 7) is 0. The van der Waals surface area contributed by atoms with Crippen molar-refractivity contribution in [3.63, 3.8) is 0 Å². The molecule has 10 heteroatoms. The molecule has 0 saturated carbocycles. The average Bonchev–Trinajstić information content (AvgIpc) is 2.61. The van der Waals surface area contributed by atoms with Crippen LogP contribution < -0.4 is 16.0 Å². The highest BCUT2D eigenvalue weighted by Gasteiger charge is 2.11. The van der Waals surface area contributed by atoms with E-state index in [2.05, 4.69) is 25.9 Å². The Labute approximate surface area is 174 Å². The van der Waals surface area contributed by atoms with Crippen molar-refractivity contribution in [2.24, 2.45) is 0 Å². The number of urea groups is 1. The SMILES string of the molecule is O=C(Nc1ccc(Cl)cc1)Nc1cccc(Nc2nc(Cl)nc(Cl)c2Cl)c1. The van der Waals surface area contributed by atoms with E-state index in [-0.39, 0.29) is 21.3 Å². The van der Waals surface area contributed by atoms with Gasteiger partial charge in [-0.05, 0) is 54.1 Å². The minimum atomic E-state index is -0.402. The lowest BCUT2D eigenvalue weighted by Crippen LogP contribution is -2.19. The van der Waals surface area contributed by atoms with Gasteiger partial charge in [0.1, 0.15) is 5.02 Å². The maximum Gasteiger partial charge on any atom is 0.323 e. The third kappa shape index (κ3) is 5.37. The van der Waals surface area contributed by atoms with Gasteiger partial charge in [-0.15, -0.1) is 0 Å². The molecule has 0 aliphatic rings. The zero-order chi connectivity index (χ0) is 19.4. The number of benzene rings is 2. The second-order valence-corrected chi connectivity index (χ2v) is 6.75. The smallest absolute Gasteiger partial charge is 0.323 e. The molecule has 27 heavy (non-hydrogen) atoms. The third-order valence-electron chi connectivity index (χ3n) is 3.27. The molecule has 1 heterocycles. The van der Waals surface area contributed by atoms with Crippen molar-refractivity contribution in [2.45, 2.75) is 0 Å². The van der Waals surface area contributed by atoms with Crippen molar-refractivity contribution in [1.82, 2.24) is 9.97 Å². The van der Waals surface area contributed by atoms with Gasteiger partial charge in [0.25, 0.3) is 0 Å². The van der Waals surface area contributed by atoms with Crippen molar-refractivity contribution < 1.29 is 4.79 Å². The maximum atomic E-state index is 12.1. The van der Waals surface area contributed by atoms with E-state index in [0.29, 0.717) is 22.1 Å². The van der Waals surface area contributed by atoms with Gasteiger partial charge in [-0.1, -0.05) is 40.9 Å². The molecule has 1 aromatic heterocycles. The molecule has 0 atom stereocenters. The van der Waals surface area contributed by atoms with E-state index in [1.165, 1.54) is 0 Å². The minimum absolute atomic E-state index is 0.0378. The normalized spacial score (nSPS) is 10.4. The van der Waals surface area contributed by atoms with E-state index < -0.39 is 6.03 Å². The van der Waals surface area contributed by atoms with Gasteiger partial charge in [0.15, 0.2) is 11.0 Å². The van der Waals surface area contributed by atoms with Crippen LogP contribution in [-0.4, -0.2) is 16.0 Å². The van der Waals surface area contributed by atoms with Crippen LogP contribution in [0.1, 0.15) is 0 Å². The van der Waals surface area contributed by atoms with Crippen LogP contribution in [0.4, 0.5) is 27.7 Å². The van der Waals surface area contributed by atoms with Gasteiger partial charge in [-0.25, -0.2) is 9.78 Å². The summed E-state index contributed by atoms with van der Waals surface area (Å²) in [7, 11) is 0. The average molecular weight is 443 g/mol. The van der Waals surface area contributed by atoms with E-state index in [0.717, 1.165) is 0 Å². The molecule has 3 rings (SSSR count). The minimum Gasteiger partial charge on any atom is -0.339 e. The molecule has 0 radical (unpaired) electrons. The first-order valence-corrected chi connectivity index (χ1v) is 9.01. The Hall–Kier alpha value is -2.25. The van der Waals surface area contributed by atoms with Gasteiger partial charge in [-0.3, -0.25) is 0 Å². The Morgan fingerprint density at radius 3 is 2.22 bits per heavy atom. The Morgan fingerprint density at radius 1 is 0.815 bits per heavy atom. The van der Waals surface area contributed by atoms with Crippen LogP contribution in [0, 0.1) is 0 Å². The van der Waals surface area contributed by atoms with E-state index in [1.54, 1.807) is 48.5 Å². The third-order valence-corrected chi connectivity index (χ3v) is 4.42. The summed E-state index contributed by atoms with van der Waals surface area (Å²) < 4.78 is 0. The lowest BCUT2D eigenvalue weighted by molar-refractivity contribution is 0.262. The Bertz CT molecular complexity index is 982. The molecule has 0 aliphatic heterocycles. The lowest BCUT2D eigenvalue weighted by atomic mass is 10.2. The van der Waals surface area contributed by atoms with Crippen molar-refractivity contribution in [3.8, 4) is 0 Å². The Balaban J connectivity index is 1.70. The molecule has 0 spiro atoms. The molecular weight excluding hydrogens is 432 g/mol. The van der Waals surface area contributed by atoms with Crippen LogP contribution in [0.15, 0.2) is 48.5 Å². The molecule has 138 valence electrons. The van der Waals surface area contributed by atoms with Crippen molar-refractivity contribution in [2.75, 3.05) is 16.0 Å². The van der Waals surface area contributed by atoms with Crippen molar-refractivity contribution >= 4 is 75.3 Å². The second kappa shape index (κ2) is 8.63. The van der Waals surface area contributed by atoms with Crippen LogP contribution in [0.5, 0.6) is 0 Å². The molecule has 2 aromatic carbocycles. The fourth-order valence-corrected chi connectivity index (χ4v) is 2.75. The van der Waals surface area contributed by atoms with Gasteiger partial charge >= 0.3 is 6.03 Å². The number of anilines is 4. The number of aromatic nitrogens is 2. The highest BCUT2D eigenvalue weighted by Crippen LogP contribution is 2.30. The predicted octanol–water partition coefficient (Wildman–Crippen LogP) is 6.48. The fourth-order valence-electron chi connectivity index (χ4n) is 2.12. The first-order chi connectivity index (χ1) is 12.9. The summed E-state index contributed by atoms with van der Waals surface area (Å²) in [6.07, 6.45) is 0. The number of carbonyl (C=O) groups excluding carboxylic acids is 1. The van der Waals surface area contributed by atoms with Crippen molar-refractivity contribution in [1.29, 1.82) is 0 Å². The summed E-state index contributed by atoms with van der Waals surface area (Å²) in [5.41, 5.74) is 1.78. The number of hydrogen-bond acceptors (Lipinski definition) is 4. The second-order valence-electron chi connectivity index (χ2n) is 5.24. The summed E-state index contributed by atoms with van der Waals surface area (Å²) in [4.78, 5) is 19.9. The number of amides is 2. The van der Waals surface area contributed by atoms with Gasteiger partial charge in [0, 0.05) is 22.1 Å². The molecule has 3 N–H and O–H groups in total. The first-order valence-electron chi connectivity index (χ1n) is 7.50. The number of halogens is 4. The molecule has 0 bridgehead atoms. The highest BCUT2D eigenvalue weighted by molar-refractivity contribution is 6.43. The standard InChI is InChI=1S/C17H11Cl4N5O/c18-9-4-6-10(7-5-9)23-17(27)24-12-3-1-2-11(8-12)22-15-13(19)14(20)25-16(21)26-15/h1-8H,(H,22,25,26)(H2,23,24,27). The molecule has 0 fully saturated rings. The van der Waals surface area contributed by atoms with E-state index >= 15 is 0 Å². The zero-order valence-electron chi connectivity index (χ0n) is 13.4. The number of nitrogens with zero attached hydrogens (tertiary/aromatic N) is 2. The fraction of sp³-hybridized carbons (Fsp3) is 0. The van der Waals surface area contributed by atoms with Crippen LogP contribution in [0.25, 0.3) is 0 Å². The number of nitrogens with one attached hydrogen (secondary N) is 3. The number of rotatable bonds is 4. The van der Waals surface area contributed by atoms with Crippen LogP contribution in [-0.2, 0) is 0 Å². The van der Waals surface area contributed by atoms with Gasteiger partial charge in [0.2, 0.25) is 5.28 Å². The topological polar surface area (TPSA) is 78.9 Å². The quantitative estimate of drug-likeness (QED) is 0.319. The molecular formula is C17H11Cl4N5O. The predicted molar refractivity (Wildman–Crippen MR) is 111 cm³/mol. The summed E-state index contributed by atoms with van der Waals surface area (Å²) in [5, 5.41) is 9.14. The van der Waals surface area contributed by atoms with E-state index in [1.807, 2.05) is 0 Å². The number of carbonyl (C=O) groups is 1. The molecule has 6 nitrogen and oxygen atoms in total. The van der Waals surface area contributed by atoms with Crippen LogP contribution >= 0.6 is 46.4 Å². The molecule has 0 unspecified atom stereocenters. The Morgan fingerprint density at radius 2 is 1.48 bits per heavy atom. The first kappa shape index (κ1) is 19.5. The zero-order valence-corrected chi connectivity index (χ0v) is 16.5. The molecule has 0 saturated heterocycles. The van der Waals surface area contributed by atoms with Gasteiger partial charge in [-0.2, -0.15) is 4.98 Å². The molecule has 0 aliphatic carbocycles. The highest BCUT2D eigenvalue weighted by atomic mass is 35.5. The molecule has 3 aromatic rings. The lowest BCUT2D eigenvalue weighted by Gasteiger charge is -2.11. The molecule has 2 amide bonds. The van der Waals surface area contributed by atoms with Crippen molar-refractivity contribution in [3.05, 3.63) is 69.0 Å². The summed E-state index contributed by atoms with van der Waals surface area (Å²) >= 11 is 23.6. The van der Waals surface area contributed by atoms with Gasteiger partial charge < -0.3 is 16.0 Å². The maximum absolute atomic E-state index is 12.1. The monoisotopic (exact) mass is 441 g/mol. The van der Waals surface area contributed by atoms with E-state index in [9.17, 15) is 4.79 Å². The summed E-state index contributed by atoms with van der Waals surface area (Å²) in [5.74, 6) is 0.254. The van der Waals surface area contributed by atoms with Gasteiger partial charge in [0.05, 0.1) is 0 Å². The largest absolute Gasteiger partial charge is 0.339 e.